The quantitative estimate of drug-likeness (QED) is 0.755. The second-order valence-corrected chi connectivity index (χ2v) is 3.81. The lowest BCUT2D eigenvalue weighted by Crippen LogP contribution is -2.46. The van der Waals surface area contributed by atoms with Crippen molar-refractivity contribution in [1.82, 2.24) is 0 Å². The minimum atomic E-state index is -4.34. The summed E-state index contributed by atoms with van der Waals surface area (Å²) >= 11 is 0. The van der Waals surface area contributed by atoms with Gasteiger partial charge in [0.25, 0.3) is 0 Å². The van der Waals surface area contributed by atoms with Crippen LogP contribution in [0.1, 0.15) is 26.2 Å². The molecule has 2 unspecified atom stereocenters. The standard InChI is InChI=1S/C9H16F3NO/c1-2-7(13)8(9(10,11)12)14-5-6-3-4-6/h6-8H,2-5,13H2,1H3. The molecule has 2 N–H and O–H groups in total. The van der Waals surface area contributed by atoms with Crippen LogP contribution < -0.4 is 5.73 Å². The first-order valence-electron chi connectivity index (χ1n) is 4.89. The van der Waals surface area contributed by atoms with E-state index in [0.717, 1.165) is 12.8 Å². The van der Waals surface area contributed by atoms with E-state index >= 15 is 0 Å². The van der Waals surface area contributed by atoms with Crippen LogP contribution in [0.2, 0.25) is 0 Å². The van der Waals surface area contributed by atoms with E-state index in [1.54, 1.807) is 6.92 Å². The summed E-state index contributed by atoms with van der Waals surface area (Å²) in [7, 11) is 0. The number of nitrogens with two attached hydrogens (primary N) is 1. The first kappa shape index (κ1) is 11.8. The van der Waals surface area contributed by atoms with Crippen molar-refractivity contribution in [3.8, 4) is 0 Å². The lowest BCUT2D eigenvalue weighted by atomic mass is 10.1. The highest BCUT2D eigenvalue weighted by Crippen LogP contribution is 2.32. The second kappa shape index (κ2) is 4.49. The van der Waals surface area contributed by atoms with E-state index in [-0.39, 0.29) is 13.0 Å². The van der Waals surface area contributed by atoms with Gasteiger partial charge in [0.15, 0.2) is 6.10 Å². The van der Waals surface area contributed by atoms with Gasteiger partial charge in [-0.2, -0.15) is 13.2 Å². The van der Waals surface area contributed by atoms with Crippen molar-refractivity contribution < 1.29 is 17.9 Å². The Morgan fingerprint density at radius 3 is 2.36 bits per heavy atom. The highest BCUT2D eigenvalue weighted by molar-refractivity contribution is 4.81. The second-order valence-electron chi connectivity index (χ2n) is 3.81. The lowest BCUT2D eigenvalue weighted by molar-refractivity contribution is -0.227. The Kier molecular flexibility index (Phi) is 3.78. The highest BCUT2D eigenvalue weighted by Gasteiger charge is 2.44. The monoisotopic (exact) mass is 211 g/mol. The van der Waals surface area contributed by atoms with Gasteiger partial charge in [-0.05, 0) is 25.2 Å². The summed E-state index contributed by atoms with van der Waals surface area (Å²) in [5.41, 5.74) is 5.36. The Balaban J connectivity index is 2.42. The average Bonchev–Trinajstić information content (AvgIpc) is 2.85. The van der Waals surface area contributed by atoms with Crippen LogP contribution >= 0.6 is 0 Å². The molecule has 0 aliphatic heterocycles. The lowest BCUT2D eigenvalue weighted by Gasteiger charge is -2.25. The molecule has 1 saturated carbocycles. The number of hydrogen-bond acceptors (Lipinski definition) is 2. The van der Waals surface area contributed by atoms with E-state index in [9.17, 15) is 13.2 Å². The van der Waals surface area contributed by atoms with Gasteiger partial charge in [0.2, 0.25) is 0 Å². The van der Waals surface area contributed by atoms with E-state index < -0.39 is 18.3 Å². The minimum absolute atomic E-state index is 0.192. The van der Waals surface area contributed by atoms with Crippen LogP contribution in [0.3, 0.4) is 0 Å². The maximum Gasteiger partial charge on any atom is 0.416 e. The molecule has 2 nitrogen and oxygen atoms in total. The Hall–Kier alpha value is -0.290. The molecule has 1 fully saturated rings. The zero-order valence-electron chi connectivity index (χ0n) is 8.18. The molecule has 2 atom stereocenters. The Labute approximate surface area is 81.6 Å². The summed E-state index contributed by atoms with van der Waals surface area (Å²) in [6.07, 6.45) is -3.91. The maximum atomic E-state index is 12.4. The van der Waals surface area contributed by atoms with Gasteiger partial charge in [0, 0.05) is 6.04 Å². The number of halogens is 3. The van der Waals surface area contributed by atoms with Gasteiger partial charge in [-0.1, -0.05) is 6.92 Å². The fourth-order valence-electron chi connectivity index (χ4n) is 1.20. The molecule has 0 heterocycles. The molecule has 0 aromatic rings. The van der Waals surface area contributed by atoms with Crippen molar-refractivity contribution in [2.75, 3.05) is 6.61 Å². The predicted molar refractivity (Wildman–Crippen MR) is 46.8 cm³/mol. The van der Waals surface area contributed by atoms with Crippen LogP contribution in [0.4, 0.5) is 13.2 Å². The molecule has 5 heteroatoms. The van der Waals surface area contributed by atoms with E-state index in [1.165, 1.54) is 0 Å². The van der Waals surface area contributed by atoms with Crippen molar-refractivity contribution in [2.45, 2.75) is 44.5 Å². The molecule has 84 valence electrons. The van der Waals surface area contributed by atoms with Gasteiger partial charge in [0.05, 0.1) is 6.61 Å². The van der Waals surface area contributed by atoms with Crippen molar-refractivity contribution in [3.63, 3.8) is 0 Å². The smallest absolute Gasteiger partial charge is 0.367 e. The number of ether oxygens (including phenoxy) is 1. The van der Waals surface area contributed by atoms with Crippen molar-refractivity contribution in [2.24, 2.45) is 11.7 Å². The summed E-state index contributed by atoms with van der Waals surface area (Å²) in [5, 5.41) is 0. The number of alkyl halides is 3. The SMILES string of the molecule is CCC(N)C(OCC1CC1)C(F)(F)F. The molecule has 0 spiro atoms. The molecule has 0 amide bonds. The molecule has 1 aliphatic rings. The normalized spacial score (nSPS) is 22.1. The van der Waals surface area contributed by atoms with E-state index in [4.69, 9.17) is 10.5 Å². The van der Waals surface area contributed by atoms with Gasteiger partial charge >= 0.3 is 6.18 Å². The molecular weight excluding hydrogens is 195 g/mol. The van der Waals surface area contributed by atoms with Crippen LogP contribution in [0.5, 0.6) is 0 Å². The van der Waals surface area contributed by atoms with Crippen LogP contribution in [0, 0.1) is 5.92 Å². The summed E-state index contributed by atoms with van der Waals surface area (Å²) in [6.45, 7) is 1.82. The van der Waals surface area contributed by atoms with Gasteiger partial charge in [0.1, 0.15) is 0 Å². The summed E-state index contributed by atoms with van der Waals surface area (Å²) in [4.78, 5) is 0. The largest absolute Gasteiger partial charge is 0.416 e. The summed E-state index contributed by atoms with van der Waals surface area (Å²) < 4.78 is 42.1. The van der Waals surface area contributed by atoms with Crippen LogP contribution in [-0.4, -0.2) is 24.9 Å². The van der Waals surface area contributed by atoms with Crippen molar-refractivity contribution in [1.29, 1.82) is 0 Å². The first-order chi connectivity index (χ1) is 6.45. The molecule has 0 saturated heterocycles. The summed E-state index contributed by atoms with van der Waals surface area (Å²) in [5.74, 6) is 0.323. The molecule has 0 radical (unpaired) electrons. The third-order valence-corrected chi connectivity index (χ3v) is 2.39. The van der Waals surface area contributed by atoms with Crippen LogP contribution in [0.15, 0.2) is 0 Å². The fraction of sp³-hybridized carbons (Fsp3) is 1.00. The third kappa shape index (κ3) is 3.46. The zero-order chi connectivity index (χ0) is 10.8. The van der Waals surface area contributed by atoms with Crippen molar-refractivity contribution >= 4 is 0 Å². The van der Waals surface area contributed by atoms with E-state index in [0.29, 0.717) is 5.92 Å². The molecule has 0 aromatic carbocycles. The Morgan fingerprint density at radius 2 is 2.00 bits per heavy atom. The van der Waals surface area contributed by atoms with Gasteiger partial charge in [-0.3, -0.25) is 0 Å². The predicted octanol–water partition coefficient (Wildman–Crippen LogP) is 2.08. The van der Waals surface area contributed by atoms with Crippen LogP contribution in [0.25, 0.3) is 0 Å². The molecular formula is C9H16F3NO. The summed E-state index contributed by atoms with van der Waals surface area (Å²) in [6, 6.07) is -0.950. The number of hydrogen-bond donors (Lipinski definition) is 1. The molecule has 0 bridgehead atoms. The number of rotatable bonds is 5. The van der Waals surface area contributed by atoms with Gasteiger partial charge in [-0.15, -0.1) is 0 Å². The molecule has 1 rings (SSSR count). The van der Waals surface area contributed by atoms with E-state index in [1.807, 2.05) is 0 Å². The molecule has 14 heavy (non-hydrogen) atoms. The van der Waals surface area contributed by atoms with Crippen molar-refractivity contribution in [3.05, 3.63) is 0 Å². The Morgan fingerprint density at radius 1 is 1.43 bits per heavy atom. The average molecular weight is 211 g/mol. The van der Waals surface area contributed by atoms with E-state index in [2.05, 4.69) is 0 Å². The first-order valence-corrected chi connectivity index (χ1v) is 4.89. The maximum absolute atomic E-state index is 12.4. The topological polar surface area (TPSA) is 35.2 Å². The zero-order valence-corrected chi connectivity index (χ0v) is 8.18. The fourth-order valence-corrected chi connectivity index (χ4v) is 1.20. The van der Waals surface area contributed by atoms with Gasteiger partial charge in [-0.25, -0.2) is 0 Å². The highest BCUT2D eigenvalue weighted by atomic mass is 19.4. The third-order valence-electron chi connectivity index (χ3n) is 2.39. The van der Waals surface area contributed by atoms with Gasteiger partial charge < -0.3 is 10.5 Å². The molecule has 1 aliphatic carbocycles. The Bertz CT molecular complexity index is 179. The minimum Gasteiger partial charge on any atom is -0.367 e. The van der Waals surface area contributed by atoms with Crippen LogP contribution in [-0.2, 0) is 4.74 Å². The molecule has 0 aromatic heterocycles.